The summed E-state index contributed by atoms with van der Waals surface area (Å²) in [5, 5.41) is 21.4. The van der Waals surface area contributed by atoms with Crippen LogP contribution in [0, 0.1) is 0 Å². The fourth-order valence-electron chi connectivity index (χ4n) is 3.55. The molecule has 22 heavy (non-hydrogen) atoms. The summed E-state index contributed by atoms with van der Waals surface area (Å²) < 4.78 is 0. The summed E-state index contributed by atoms with van der Waals surface area (Å²) in [5.74, 6) is -0.114. The standard InChI is InChI=1S/C18H20ClNO2/c1-20-15(11-21)16(12-5-3-2-4-6-12)18(22)17(20)13-7-9-14(19)10-8-13/h2-10,15-18,21-22H,11H2,1H3/t15-,16-,17+,18-/m1/s1. The second kappa shape index (κ2) is 6.39. The van der Waals surface area contributed by atoms with Gasteiger partial charge in [-0.25, -0.2) is 0 Å². The number of benzene rings is 2. The minimum Gasteiger partial charge on any atom is -0.395 e. The lowest BCUT2D eigenvalue weighted by Gasteiger charge is -2.26. The van der Waals surface area contributed by atoms with Gasteiger partial charge in [0.2, 0.25) is 0 Å². The van der Waals surface area contributed by atoms with Gasteiger partial charge in [0, 0.05) is 17.0 Å². The number of aliphatic hydroxyl groups is 2. The van der Waals surface area contributed by atoms with Crippen molar-refractivity contribution in [3.63, 3.8) is 0 Å². The third kappa shape index (κ3) is 2.66. The van der Waals surface area contributed by atoms with Gasteiger partial charge in [-0.2, -0.15) is 0 Å². The van der Waals surface area contributed by atoms with E-state index in [-0.39, 0.29) is 24.6 Å². The van der Waals surface area contributed by atoms with Gasteiger partial charge in [0.15, 0.2) is 0 Å². The van der Waals surface area contributed by atoms with Crippen LogP contribution >= 0.6 is 11.6 Å². The summed E-state index contributed by atoms with van der Waals surface area (Å²) in [5.41, 5.74) is 2.06. The molecule has 0 aliphatic carbocycles. The van der Waals surface area contributed by atoms with Crippen LogP contribution in [0.2, 0.25) is 5.02 Å². The van der Waals surface area contributed by atoms with Crippen LogP contribution < -0.4 is 0 Å². The second-order valence-corrected chi connectivity index (χ2v) is 6.28. The third-order valence-electron chi connectivity index (χ3n) is 4.65. The predicted octanol–water partition coefficient (Wildman–Crippen LogP) is 2.83. The van der Waals surface area contributed by atoms with Crippen LogP contribution in [-0.2, 0) is 0 Å². The van der Waals surface area contributed by atoms with Gasteiger partial charge >= 0.3 is 0 Å². The van der Waals surface area contributed by atoms with E-state index in [4.69, 9.17) is 11.6 Å². The number of likely N-dealkylation sites (N-methyl/N-ethyl adjacent to an activating group) is 1. The Bertz CT molecular complexity index is 617. The smallest absolute Gasteiger partial charge is 0.0821 e. The molecule has 1 saturated heterocycles. The van der Waals surface area contributed by atoms with E-state index in [0.29, 0.717) is 5.02 Å². The van der Waals surface area contributed by atoms with E-state index in [1.165, 1.54) is 0 Å². The zero-order valence-electron chi connectivity index (χ0n) is 12.4. The first-order chi connectivity index (χ1) is 10.6. The number of likely N-dealkylation sites (tertiary alicyclic amines) is 1. The molecule has 1 fully saturated rings. The first-order valence-corrected chi connectivity index (χ1v) is 7.82. The number of halogens is 1. The van der Waals surface area contributed by atoms with Gasteiger partial charge in [-0.05, 0) is 30.3 Å². The van der Waals surface area contributed by atoms with Gasteiger partial charge in [-0.1, -0.05) is 54.1 Å². The van der Waals surface area contributed by atoms with Crippen molar-refractivity contribution in [3.8, 4) is 0 Å². The molecule has 0 amide bonds. The fourth-order valence-corrected chi connectivity index (χ4v) is 3.68. The molecule has 1 heterocycles. The average molecular weight is 318 g/mol. The van der Waals surface area contributed by atoms with Crippen LogP contribution in [0.15, 0.2) is 54.6 Å². The number of nitrogens with zero attached hydrogens (tertiary/aromatic N) is 1. The van der Waals surface area contributed by atoms with Gasteiger partial charge in [0.1, 0.15) is 0 Å². The summed E-state index contributed by atoms with van der Waals surface area (Å²) in [6, 6.07) is 17.2. The van der Waals surface area contributed by atoms with Gasteiger partial charge < -0.3 is 10.2 Å². The van der Waals surface area contributed by atoms with E-state index in [1.807, 2.05) is 61.6 Å². The largest absolute Gasteiger partial charge is 0.395 e. The Balaban J connectivity index is 1.98. The third-order valence-corrected chi connectivity index (χ3v) is 4.90. The molecule has 0 spiro atoms. The zero-order chi connectivity index (χ0) is 15.7. The summed E-state index contributed by atoms with van der Waals surface area (Å²) in [4.78, 5) is 2.06. The van der Waals surface area contributed by atoms with Crippen molar-refractivity contribution >= 4 is 11.6 Å². The van der Waals surface area contributed by atoms with Crippen LogP contribution in [0.5, 0.6) is 0 Å². The number of rotatable bonds is 3. The van der Waals surface area contributed by atoms with E-state index in [1.54, 1.807) is 0 Å². The first kappa shape index (κ1) is 15.5. The van der Waals surface area contributed by atoms with Crippen molar-refractivity contribution in [3.05, 3.63) is 70.7 Å². The van der Waals surface area contributed by atoms with E-state index in [0.717, 1.165) is 11.1 Å². The highest BCUT2D eigenvalue weighted by Gasteiger charge is 2.47. The molecule has 0 aromatic heterocycles. The lowest BCUT2D eigenvalue weighted by Crippen LogP contribution is -2.33. The molecule has 2 N–H and O–H groups in total. The maximum absolute atomic E-state index is 10.9. The molecule has 0 saturated carbocycles. The maximum atomic E-state index is 10.9. The molecular weight excluding hydrogens is 298 g/mol. The predicted molar refractivity (Wildman–Crippen MR) is 88.0 cm³/mol. The lowest BCUT2D eigenvalue weighted by atomic mass is 9.87. The Hall–Kier alpha value is -1.39. The van der Waals surface area contributed by atoms with Gasteiger partial charge in [-0.3, -0.25) is 4.90 Å². The van der Waals surface area contributed by atoms with Gasteiger partial charge in [0.05, 0.1) is 18.8 Å². The zero-order valence-corrected chi connectivity index (χ0v) is 13.2. The molecule has 1 aliphatic rings. The molecule has 2 aromatic carbocycles. The molecule has 2 aromatic rings. The van der Waals surface area contributed by atoms with Crippen LogP contribution in [0.25, 0.3) is 0 Å². The SMILES string of the molecule is CN1[C@H](CO)[C@@H](c2ccccc2)[C@@H](O)[C@@H]1c1ccc(Cl)cc1. The molecule has 4 atom stereocenters. The van der Waals surface area contributed by atoms with Gasteiger partial charge in [-0.15, -0.1) is 0 Å². The first-order valence-electron chi connectivity index (χ1n) is 7.44. The van der Waals surface area contributed by atoms with Crippen molar-refractivity contribution < 1.29 is 10.2 Å². The van der Waals surface area contributed by atoms with Crippen molar-refractivity contribution in [2.24, 2.45) is 0 Å². The highest BCUT2D eigenvalue weighted by Crippen LogP contribution is 2.44. The fraction of sp³-hybridized carbons (Fsp3) is 0.333. The monoisotopic (exact) mass is 317 g/mol. The second-order valence-electron chi connectivity index (χ2n) is 5.84. The van der Waals surface area contributed by atoms with Crippen LogP contribution in [0.1, 0.15) is 23.1 Å². The molecule has 0 bridgehead atoms. The topological polar surface area (TPSA) is 43.7 Å². The van der Waals surface area contributed by atoms with E-state index >= 15 is 0 Å². The summed E-state index contributed by atoms with van der Waals surface area (Å²) in [6.45, 7) is 0.0111. The summed E-state index contributed by atoms with van der Waals surface area (Å²) in [6.07, 6.45) is -0.578. The molecule has 4 heteroatoms. The molecule has 116 valence electrons. The Morgan fingerprint density at radius 1 is 1.00 bits per heavy atom. The van der Waals surface area contributed by atoms with Crippen LogP contribution in [-0.4, -0.2) is 40.9 Å². The Kier molecular flexibility index (Phi) is 4.50. The number of aliphatic hydroxyl groups excluding tert-OH is 2. The lowest BCUT2D eigenvalue weighted by molar-refractivity contribution is 0.114. The van der Waals surface area contributed by atoms with Crippen molar-refractivity contribution in [1.82, 2.24) is 4.90 Å². The molecular formula is C18H20ClNO2. The van der Waals surface area contributed by atoms with E-state index in [2.05, 4.69) is 4.90 Å². The van der Waals surface area contributed by atoms with Crippen LogP contribution in [0.3, 0.4) is 0 Å². The summed E-state index contributed by atoms with van der Waals surface area (Å²) >= 11 is 5.96. The van der Waals surface area contributed by atoms with Crippen molar-refractivity contribution in [2.45, 2.75) is 24.1 Å². The average Bonchev–Trinajstić information content (AvgIpc) is 2.79. The Labute approximate surface area is 135 Å². The quantitative estimate of drug-likeness (QED) is 0.915. The Morgan fingerprint density at radius 2 is 1.64 bits per heavy atom. The van der Waals surface area contributed by atoms with Crippen molar-refractivity contribution in [2.75, 3.05) is 13.7 Å². The maximum Gasteiger partial charge on any atom is 0.0821 e. The molecule has 1 aliphatic heterocycles. The molecule has 3 nitrogen and oxygen atoms in total. The Morgan fingerprint density at radius 3 is 2.23 bits per heavy atom. The minimum atomic E-state index is -0.578. The minimum absolute atomic E-state index is 0.0111. The molecule has 0 radical (unpaired) electrons. The highest BCUT2D eigenvalue weighted by atomic mass is 35.5. The van der Waals surface area contributed by atoms with Gasteiger partial charge in [0.25, 0.3) is 0 Å². The number of hydrogen-bond donors (Lipinski definition) is 2. The number of hydrogen-bond acceptors (Lipinski definition) is 3. The van der Waals surface area contributed by atoms with Crippen molar-refractivity contribution in [1.29, 1.82) is 0 Å². The molecule has 3 rings (SSSR count). The van der Waals surface area contributed by atoms with Crippen LogP contribution in [0.4, 0.5) is 0 Å². The molecule has 0 unspecified atom stereocenters. The normalized spacial score (nSPS) is 28.9. The van der Waals surface area contributed by atoms with E-state index in [9.17, 15) is 10.2 Å². The highest BCUT2D eigenvalue weighted by molar-refractivity contribution is 6.30. The summed E-state index contributed by atoms with van der Waals surface area (Å²) in [7, 11) is 1.95. The van der Waals surface area contributed by atoms with E-state index < -0.39 is 6.10 Å².